The van der Waals surface area contributed by atoms with E-state index in [9.17, 15) is 18.0 Å². The highest BCUT2D eigenvalue weighted by Crippen LogP contribution is 2.30. The zero-order chi connectivity index (χ0) is 28.5. The number of rotatable bonds is 8. The number of halogens is 3. The lowest BCUT2D eigenvalue weighted by Crippen LogP contribution is -2.28. The predicted octanol–water partition coefficient (Wildman–Crippen LogP) is 4.91. The second-order valence-corrected chi connectivity index (χ2v) is 9.93. The summed E-state index contributed by atoms with van der Waals surface area (Å²) in [4.78, 5) is 30.2. The third-order valence-electron chi connectivity index (χ3n) is 6.50. The molecule has 0 unspecified atom stereocenters. The third-order valence-corrected chi connectivity index (χ3v) is 6.50. The van der Waals surface area contributed by atoms with Crippen LogP contribution in [-0.4, -0.2) is 69.5 Å². The smallest absolute Gasteiger partial charge is 0.382 e. The molecule has 1 amide bonds. The van der Waals surface area contributed by atoms with Crippen LogP contribution in [-0.2, 0) is 19.8 Å². The molecular formula is C28H32F3N7O. The van der Waals surface area contributed by atoms with Gasteiger partial charge in [-0.25, -0.2) is 15.0 Å². The molecule has 8 nitrogen and oxygen atoms in total. The minimum absolute atomic E-state index is 0.0476. The van der Waals surface area contributed by atoms with Crippen LogP contribution in [0.3, 0.4) is 0 Å². The van der Waals surface area contributed by atoms with Gasteiger partial charge >= 0.3 is 6.18 Å². The van der Waals surface area contributed by atoms with Gasteiger partial charge < -0.3 is 19.7 Å². The number of imidazole rings is 1. The minimum atomic E-state index is -4.58. The van der Waals surface area contributed by atoms with Crippen LogP contribution in [0.4, 0.5) is 18.9 Å². The van der Waals surface area contributed by atoms with Crippen LogP contribution in [0.2, 0.25) is 0 Å². The van der Waals surface area contributed by atoms with Crippen molar-refractivity contribution in [2.24, 2.45) is 7.05 Å². The summed E-state index contributed by atoms with van der Waals surface area (Å²) in [7, 11) is 6.87. The maximum absolute atomic E-state index is 13.7. The number of carbonyl (C=O) groups excluding carboxylic acids is 1. The molecule has 1 aromatic carbocycles. The normalized spacial score (nSPS) is 11.8. The standard InChI is InChI=1S/C28H32F3N7O/c1-17-7-8-23-20(13-17)21(26(39)37(5)16-19-15-33-27(38(19)6)28(29,30)31)14-25(35-23)24-10-9-22(18(2)34-24)32-11-12-36(3)4/h7-10,13-15,32H,11-12,16H2,1-6H3. The number of aromatic nitrogens is 4. The molecule has 0 radical (unpaired) electrons. The van der Waals surface area contributed by atoms with E-state index in [4.69, 9.17) is 9.97 Å². The Morgan fingerprint density at radius 2 is 1.77 bits per heavy atom. The molecule has 0 saturated heterocycles. The van der Waals surface area contributed by atoms with E-state index in [2.05, 4.69) is 15.2 Å². The predicted molar refractivity (Wildman–Crippen MR) is 145 cm³/mol. The Morgan fingerprint density at radius 1 is 1.03 bits per heavy atom. The second kappa shape index (κ2) is 11.0. The number of pyridine rings is 2. The number of benzene rings is 1. The van der Waals surface area contributed by atoms with Gasteiger partial charge in [-0.05, 0) is 58.3 Å². The van der Waals surface area contributed by atoms with Crippen LogP contribution in [0.5, 0.6) is 0 Å². The molecule has 0 spiro atoms. The fourth-order valence-electron chi connectivity index (χ4n) is 4.33. The average molecular weight is 540 g/mol. The number of amides is 1. The van der Waals surface area contributed by atoms with Crippen molar-refractivity contribution >= 4 is 22.5 Å². The summed E-state index contributed by atoms with van der Waals surface area (Å²) in [6.45, 7) is 5.44. The second-order valence-electron chi connectivity index (χ2n) is 9.93. The number of aryl methyl sites for hydroxylation is 2. The van der Waals surface area contributed by atoms with Crippen LogP contribution in [0.15, 0.2) is 42.6 Å². The molecule has 0 fully saturated rings. The highest BCUT2D eigenvalue weighted by atomic mass is 19.4. The summed E-state index contributed by atoms with van der Waals surface area (Å²) in [5.74, 6) is -1.35. The zero-order valence-electron chi connectivity index (χ0n) is 22.9. The summed E-state index contributed by atoms with van der Waals surface area (Å²) in [5.41, 5.74) is 5.12. The van der Waals surface area contributed by atoms with Gasteiger partial charge in [-0.15, -0.1) is 0 Å². The molecule has 0 atom stereocenters. The number of alkyl halides is 3. The first-order chi connectivity index (χ1) is 18.3. The van der Waals surface area contributed by atoms with E-state index in [0.29, 0.717) is 27.9 Å². The Hall–Kier alpha value is -3.99. The molecule has 206 valence electrons. The number of hydrogen-bond donors (Lipinski definition) is 1. The van der Waals surface area contributed by atoms with Crippen molar-refractivity contribution < 1.29 is 18.0 Å². The van der Waals surface area contributed by atoms with Gasteiger partial charge in [0, 0.05) is 32.6 Å². The lowest BCUT2D eigenvalue weighted by atomic mass is 10.0. The first-order valence-electron chi connectivity index (χ1n) is 12.5. The number of likely N-dealkylation sites (N-methyl/N-ethyl adjacent to an activating group) is 1. The number of nitrogens with zero attached hydrogens (tertiary/aromatic N) is 6. The Bertz CT molecular complexity index is 1510. The molecular weight excluding hydrogens is 507 g/mol. The molecule has 4 rings (SSSR count). The van der Waals surface area contributed by atoms with Gasteiger partial charge in [0.1, 0.15) is 0 Å². The van der Waals surface area contributed by atoms with Crippen molar-refractivity contribution in [3.8, 4) is 11.4 Å². The van der Waals surface area contributed by atoms with Crippen LogP contribution in [0.1, 0.15) is 33.1 Å². The lowest BCUT2D eigenvalue weighted by Gasteiger charge is -2.20. The van der Waals surface area contributed by atoms with E-state index >= 15 is 0 Å². The molecule has 0 aliphatic carbocycles. The Labute approximate surface area is 225 Å². The Balaban J connectivity index is 1.68. The molecule has 3 heterocycles. The van der Waals surface area contributed by atoms with Crippen LogP contribution in [0.25, 0.3) is 22.3 Å². The van der Waals surface area contributed by atoms with Gasteiger partial charge in [0.15, 0.2) is 0 Å². The van der Waals surface area contributed by atoms with Gasteiger partial charge in [-0.3, -0.25) is 4.79 Å². The molecule has 0 bridgehead atoms. The molecule has 3 aromatic heterocycles. The van der Waals surface area contributed by atoms with E-state index in [1.54, 1.807) is 13.1 Å². The van der Waals surface area contributed by atoms with Crippen molar-refractivity contribution in [3.63, 3.8) is 0 Å². The first-order valence-corrected chi connectivity index (χ1v) is 12.5. The Kier molecular flexibility index (Phi) is 7.91. The largest absolute Gasteiger partial charge is 0.449 e. The van der Waals surface area contributed by atoms with Crippen molar-refractivity contribution in [1.82, 2.24) is 29.3 Å². The summed E-state index contributed by atoms with van der Waals surface area (Å²) < 4.78 is 40.6. The molecule has 39 heavy (non-hydrogen) atoms. The van der Waals surface area contributed by atoms with Crippen molar-refractivity contribution in [2.45, 2.75) is 26.6 Å². The molecule has 1 N–H and O–H groups in total. The number of carbonyl (C=O) groups is 1. The third kappa shape index (κ3) is 6.19. The van der Waals surface area contributed by atoms with Crippen LogP contribution in [0, 0.1) is 13.8 Å². The number of nitrogens with one attached hydrogen (secondary N) is 1. The van der Waals surface area contributed by atoms with Crippen molar-refractivity contribution in [1.29, 1.82) is 0 Å². The minimum Gasteiger partial charge on any atom is -0.382 e. The number of fused-ring (bicyclic) bond motifs is 1. The highest BCUT2D eigenvalue weighted by Gasteiger charge is 2.36. The highest BCUT2D eigenvalue weighted by molar-refractivity contribution is 6.07. The number of hydrogen-bond acceptors (Lipinski definition) is 6. The van der Waals surface area contributed by atoms with Gasteiger partial charge in [-0.2, -0.15) is 13.2 Å². The van der Waals surface area contributed by atoms with Crippen molar-refractivity contribution in [3.05, 3.63) is 70.9 Å². The summed E-state index contributed by atoms with van der Waals surface area (Å²) in [6.07, 6.45) is -3.43. The first kappa shape index (κ1) is 28.0. The number of anilines is 1. The topological polar surface area (TPSA) is 79.2 Å². The van der Waals surface area contributed by atoms with Gasteiger partial charge in [0.05, 0.1) is 52.3 Å². The summed E-state index contributed by atoms with van der Waals surface area (Å²) >= 11 is 0. The van der Waals surface area contributed by atoms with Gasteiger partial charge in [0.25, 0.3) is 5.91 Å². The van der Waals surface area contributed by atoms with E-state index in [0.717, 1.165) is 40.8 Å². The van der Waals surface area contributed by atoms with E-state index in [1.165, 1.54) is 11.9 Å². The van der Waals surface area contributed by atoms with Gasteiger partial charge in [-0.1, -0.05) is 11.6 Å². The average Bonchev–Trinajstić information content (AvgIpc) is 3.24. The molecule has 0 aliphatic rings. The Morgan fingerprint density at radius 3 is 2.41 bits per heavy atom. The maximum atomic E-state index is 13.7. The fraction of sp³-hybridized carbons (Fsp3) is 0.357. The van der Waals surface area contributed by atoms with Crippen LogP contribution >= 0.6 is 0 Å². The van der Waals surface area contributed by atoms with E-state index < -0.39 is 12.0 Å². The molecule has 0 saturated carbocycles. The molecule has 11 heteroatoms. The fourth-order valence-corrected chi connectivity index (χ4v) is 4.33. The quantitative estimate of drug-likeness (QED) is 0.343. The zero-order valence-corrected chi connectivity index (χ0v) is 22.9. The van der Waals surface area contributed by atoms with E-state index in [1.807, 2.05) is 58.3 Å². The van der Waals surface area contributed by atoms with Gasteiger partial charge in [0.2, 0.25) is 5.82 Å². The van der Waals surface area contributed by atoms with Crippen LogP contribution < -0.4 is 5.32 Å². The molecule has 4 aromatic rings. The monoisotopic (exact) mass is 539 g/mol. The maximum Gasteiger partial charge on any atom is 0.449 e. The molecule has 0 aliphatic heterocycles. The van der Waals surface area contributed by atoms with E-state index in [-0.39, 0.29) is 18.1 Å². The summed E-state index contributed by atoms with van der Waals surface area (Å²) in [6, 6.07) is 11.2. The summed E-state index contributed by atoms with van der Waals surface area (Å²) in [5, 5.41) is 4.04. The lowest BCUT2D eigenvalue weighted by molar-refractivity contribution is -0.146. The SMILES string of the molecule is Cc1ccc2nc(-c3ccc(NCCN(C)C)c(C)n3)cc(C(=O)N(C)Cc3cnc(C(F)(F)F)n3C)c2c1. The van der Waals surface area contributed by atoms with Crippen molar-refractivity contribution in [2.75, 3.05) is 39.5 Å².